The second-order valence-electron chi connectivity index (χ2n) is 4.67. The molecule has 1 aromatic carbocycles. The van der Waals surface area contributed by atoms with Gasteiger partial charge in [0, 0.05) is 11.2 Å². The highest BCUT2D eigenvalue weighted by Gasteiger charge is 2.31. The number of carbonyl (C=O) groups is 2. The van der Waals surface area contributed by atoms with Gasteiger partial charge in [0.1, 0.15) is 6.04 Å². The van der Waals surface area contributed by atoms with Gasteiger partial charge < -0.3 is 10.2 Å². The van der Waals surface area contributed by atoms with Gasteiger partial charge in [0.25, 0.3) is 0 Å². The molecule has 0 spiro atoms. The van der Waals surface area contributed by atoms with Crippen LogP contribution in [0.2, 0.25) is 0 Å². The number of nitrogens with zero attached hydrogens (tertiary/aromatic N) is 1. The number of thiophene rings is 1. The zero-order valence-electron chi connectivity index (χ0n) is 10.6. The Morgan fingerprint density at radius 2 is 2.16 bits per heavy atom. The second-order valence-corrected chi connectivity index (χ2v) is 5.58. The molecule has 19 heavy (non-hydrogen) atoms. The standard InChI is InChI=1S/C14H14N2O2S/c1-9-14(18)15-6-13(17)16(9)7-10-8-19-12-5-3-2-4-11(10)12/h2-5,8-9H,6-7H2,1H3,(H,15,18). The van der Waals surface area contributed by atoms with Crippen LogP contribution in [0.1, 0.15) is 12.5 Å². The number of piperazine rings is 1. The van der Waals surface area contributed by atoms with E-state index in [2.05, 4.69) is 22.8 Å². The molecule has 1 atom stereocenters. The molecular formula is C14H14N2O2S. The molecule has 0 aliphatic carbocycles. The van der Waals surface area contributed by atoms with Crippen LogP contribution in [0.3, 0.4) is 0 Å². The molecule has 1 aromatic heterocycles. The normalized spacial score (nSPS) is 19.8. The van der Waals surface area contributed by atoms with Crippen LogP contribution in [0, 0.1) is 0 Å². The van der Waals surface area contributed by atoms with Crippen LogP contribution < -0.4 is 5.32 Å². The first-order chi connectivity index (χ1) is 9.16. The van der Waals surface area contributed by atoms with Crippen molar-refractivity contribution >= 4 is 33.2 Å². The van der Waals surface area contributed by atoms with Gasteiger partial charge in [-0.1, -0.05) is 18.2 Å². The Morgan fingerprint density at radius 3 is 3.00 bits per heavy atom. The highest BCUT2D eigenvalue weighted by atomic mass is 32.1. The van der Waals surface area contributed by atoms with E-state index in [1.54, 1.807) is 23.2 Å². The molecule has 1 fully saturated rings. The van der Waals surface area contributed by atoms with Crippen molar-refractivity contribution in [3.05, 3.63) is 35.2 Å². The van der Waals surface area contributed by atoms with Gasteiger partial charge in [-0.25, -0.2) is 0 Å². The molecule has 2 amide bonds. The number of hydrogen-bond acceptors (Lipinski definition) is 3. The Labute approximate surface area is 115 Å². The van der Waals surface area contributed by atoms with Crippen molar-refractivity contribution in [2.75, 3.05) is 6.54 Å². The maximum Gasteiger partial charge on any atom is 0.242 e. The fraction of sp³-hybridized carbons (Fsp3) is 0.286. The molecule has 1 aliphatic heterocycles. The van der Waals surface area contributed by atoms with E-state index in [0.29, 0.717) is 6.54 Å². The summed E-state index contributed by atoms with van der Waals surface area (Å²) in [5.74, 6) is -0.110. The van der Waals surface area contributed by atoms with Gasteiger partial charge in [0.15, 0.2) is 0 Å². The van der Waals surface area contributed by atoms with Crippen molar-refractivity contribution in [2.24, 2.45) is 0 Å². The third kappa shape index (κ3) is 2.10. The van der Waals surface area contributed by atoms with Crippen LogP contribution in [0.4, 0.5) is 0 Å². The SMILES string of the molecule is CC1C(=O)NCC(=O)N1Cc1csc2ccccc12. The lowest BCUT2D eigenvalue weighted by Crippen LogP contribution is -2.56. The van der Waals surface area contributed by atoms with E-state index in [0.717, 1.165) is 5.56 Å². The molecule has 0 radical (unpaired) electrons. The summed E-state index contributed by atoms with van der Waals surface area (Å²) in [6.07, 6.45) is 0. The minimum absolute atomic E-state index is 0.0256. The van der Waals surface area contributed by atoms with Crippen molar-refractivity contribution < 1.29 is 9.59 Å². The zero-order chi connectivity index (χ0) is 13.4. The molecule has 3 rings (SSSR count). The smallest absolute Gasteiger partial charge is 0.242 e. The van der Waals surface area contributed by atoms with Gasteiger partial charge in [-0.2, -0.15) is 0 Å². The zero-order valence-corrected chi connectivity index (χ0v) is 11.4. The van der Waals surface area contributed by atoms with Crippen LogP contribution in [0.15, 0.2) is 29.6 Å². The molecule has 1 N–H and O–H groups in total. The van der Waals surface area contributed by atoms with E-state index in [4.69, 9.17) is 0 Å². The number of hydrogen-bond donors (Lipinski definition) is 1. The number of fused-ring (bicyclic) bond motifs is 1. The lowest BCUT2D eigenvalue weighted by atomic mass is 10.1. The summed E-state index contributed by atoms with van der Waals surface area (Å²) in [6.45, 7) is 2.36. The summed E-state index contributed by atoms with van der Waals surface area (Å²) in [6, 6.07) is 7.72. The Kier molecular flexibility index (Phi) is 2.98. The van der Waals surface area contributed by atoms with Gasteiger partial charge in [-0.3, -0.25) is 9.59 Å². The minimum Gasteiger partial charge on any atom is -0.345 e. The van der Waals surface area contributed by atoms with E-state index in [1.165, 1.54) is 10.1 Å². The first-order valence-electron chi connectivity index (χ1n) is 6.19. The summed E-state index contributed by atoms with van der Waals surface area (Å²) in [5.41, 5.74) is 1.11. The van der Waals surface area contributed by atoms with E-state index >= 15 is 0 Å². The molecule has 4 nitrogen and oxygen atoms in total. The Bertz CT molecular complexity index is 650. The molecule has 2 heterocycles. The Balaban J connectivity index is 1.91. The maximum absolute atomic E-state index is 11.9. The first kappa shape index (κ1) is 12.2. The molecule has 1 unspecified atom stereocenters. The maximum atomic E-state index is 11.9. The molecule has 0 bridgehead atoms. The molecule has 1 aliphatic rings. The van der Waals surface area contributed by atoms with Crippen LogP contribution in [-0.4, -0.2) is 29.3 Å². The predicted molar refractivity (Wildman–Crippen MR) is 74.8 cm³/mol. The van der Waals surface area contributed by atoms with E-state index in [9.17, 15) is 9.59 Å². The monoisotopic (exact) mass is 274 g/mol. The van der Waals surface area contributed by atoms with E-state index in [-0.39, 0.29) is 18.4 Å². The highest BCUT2D eigenvalue weighted by Crippen LogP contribution is 2.27. The highest BCUT2D eigenvalue weighted by molar-refractivity contribution is 7.17. The van der Waals surface area contributed by atoms with Crippen molar-refractivity contribution in [3.8, 4) is 0 Å². The number of carbonyl (C=O) groups excluding carboxylic acids is 2. The van der Waals surface area contributed by atoms with Crippen LogP contribution >= 0.6 is 11.3 Å². The van der Waals surface area contributed by atoms with Crippen LogP contribution in [-0.2, 0) is 16.1 Å². The average Bonchev–Trinajstić information content (AvgIpc) is 2.83. The third-order valence-electron chi connectivity index (χ3n) is 3.48. The topological polar surface area (TPSA) is 49.4 Å². The van der Waals surface area contributed by atoms with E-state index in [1.807, 2.05) is 12.1 Å². The van der Waals surface area contributed by atoms with Crippen molar-refractivity contribution in [1.82, 2.24) is 10.2 Å². The number of nitrogens with one attached hydrogen (secondary N) is 1. The third-order valence-corrected chi connectivity index (χ3v) is 4.50. The first-order valence-corrected chi connectivity index (χ1v) is 7.07. The van der Waals surface area contributed by atoms with Gasteiger partial charge in [-0.15, -0.1) is 11.3 Å². The Hall–Kier alpha value is -1.88. The average molecular weight is 274 g/mol. The van der Waals surface area contributed by atoms with Crippen molar-refractivity contribution in [1.29, 1.82) is 0 Å². The fourth-order valence-corrected chi connectivity index (χ4v) is 3.29. The molecule has 98 valence electrons. The van der Waals surface area contributed by atoms with Crippen molar-refractivity contribution in [3.63, 3.8) is 0 Å². The molecular weight excluding hydrogens is 260 g/mol. The molecule has 0 saturated carbocycles. The summed E-state index contributed by atoms with van der Waals surface area (Å²) in [4.78, 5) is 25.2. The van der Waals surface area contributed by atoms with Gasteiger partial charge >= 0.3 is 0 Å². The van der Waals surface area contributed by atoms with Crippen LogP contribution in [0.25, 0.3) is 10.1 Å². The molecule has 2 aromatic rings. The number of rotatable bonds is 2. The summed E-state index contributed by atoms with van der Waals surface area (Å²) in [7, 11) is 0. The summed E-state index contributed by atoms with van der Waals surface area (Å²) < 4.78 is 1.21. The quantitative estimate of drug-likeness (QED) is 0.907. The summed E-state index contributed by atoms with van der Waals surface area (Å²) >= 11 is 1.67. The van der Waals surface area contributed by atoms with Gasteiger partial charge in [0.2, 0.25) is 11.8 Å². The predicted octanol–water partition coefficient (Wildman–Crippen LogP) is 1.75. The van der Waals surface area contributed by atoms with Crippen molar-refractivity contribution in [2.45, 2.75) is 19.5 Å². The molecule has 1 saturated heterocycles. The van der Waals surface area contributed by atoms with Crippen LogP contribution in [0.5, 0.6) is 0 Å². The largest absolute Gasteiger partial charge is 0.345 e. The second kappa shape index (κ2) is 4.66. The summed E-state index contributed by atoms with van der Waals surface area (Å²) in [5, 5.41) is 5.83. The minimum atomic E-state index is -0.403. The lowest BCUT2D eigenvalue weighted by molar-refractivity contribution is -0.145. The number of benzene rings is 1. The number of amides is 2. The van der Waals surface area contributed by atoms with Gasteiger partial charge in [0.05, 0.1) is 6.54 Å². The van der Waals surface area contributed by atoms with E-state index < -0.39 is 6.04 Å². The fourth-order valence-electron chi connectivity index (χ4n) is 2.33. The van der Waals surface area contributed by atoms with Gasteiger partial charge in [-0.05, 0) is 29.3 Å². The Morgan fingerprint density at radius 1 is 1.37 bits per heavy atom. The molecule has 5 heteroatoms. The lowest BCUT2D eigenvalue weighted by Gasteiger charge is -2.32.